The maximum atomic E-state index is 13.1. The summed E-state index contributed by atoms with van der Waals surface area (Å²) in [5.74, 6) is 0.310. The van der Waals surface area contributed by atoms with Crippen LogP contribution in [-0.2, 0) is 20.2 Å². The molecule has 4 heterocycles. The quantitative estimate of drug-likeness (QED) is 0.443. The Labute approximate surface area is 210 Å². The molecule has 0 saturated heterocycles. The van der Waals surface area contributed by atoms with E-state index in [1.54, 1.807) is 36.6 Å². The van der Waals surface area contributed by atoms with Gasteiger partial charge in [0.1, 0.15) is 12.3 Å². The Morgan fingerprint density at radius 1 is 1.14 bits per heavy atom. The third-order valence-corrected chi connectivity index (χ3v) is 7.42. The number of nitrogens with one attached hydrogen (secondary N) is 2. The number of carbonyl (C=O) groups is 1. The van der Waals surface area contributed by atoms with Gasteiger partial charge in [0.05, 0.1) is 41.0 Å². The largest absolute Gasteiger partial charge is 0.475 e. The van der Waals surface area contributed by atoms with Crippen LogP contribution < -0.4 is 19.7 Å². The van der Waals surface area contributed by atoms with Crippen LogP contribution >= 0.6 is 0 Å². The molecule has 0 bridgehead atoms. The number of fused-ring (bicyclic) bond motifs is 4. The fraction of sp³-hybridized carbons (Fsp3) is 0.440. The number of hydrogen-bond donors (Lipinski definition) is 2. The lowest BCUT2D eigenvalue weighted by molar-refractivity contribution is -0.125. The van der Waals surface area contributed by atoms with E-state index in [-0.39, 0.29) is 17.5 Å². The van der Waals surface area contributed by atoms with Gasteiger partial charge in [-0.1, -0.05) is 20.3 Å². The van der Waals surface area contributed by atoms with Crippen molar-refractivity contribution in [3.63, 3.8) is 0 Å². The molecule has 1 aliphatic heterocycles. The molecule has 5 rings (SSSR count). The van der Waals surface area contributed by atoms with Gasteiger partial charge >= 0.3 is 0 Å². The minimum Gasteiger partial charge on any atom is -0.475 e. The first-order valence-electron chi connectivity index (χ1n) is 12.0. The van der Waals surface area contributed by atoms with Crippen LogP contribution in [0.5, 0.6) is 5.88 Å². The fourth-order valence-electron chi connectivity index (χ4n) is 5.01. The van der Waals surface area contributed by atoms with Crippen LogP contribution in [-0.4, -0.2) is 61.8 Å². The number of ether oxygens (including phenoxy) is 1. The highest BCUT2D eigenvalue weighted by molar-refractivity contribution is 7.92. The third kappa shape index (κ3) is 4.26. The molecule has 10 nitrogen and oxygen atoms in total. The molecule has 0 radical (unpaired) electrons. The lowest BCUT2D eigenvalue weighted by atomic mass is 9.64. The zero-order chi connectivity index (χ0) is 25.7. The second-order valence-electron chi connectivity index (χ2n) is 9.81. The van der Waals surface area contributed by atoms with Gasteiger partial charge in [0, 0.05) is 42.3 Å². The SMILES string of the molecule is CC(C)NCCOc1ncc(-c2cc3c4c(cnc3cn2)N(C)C(=O)C42CCC2)cc1NS(C)(=O)=O. The van der Waals surface area contributed by atoms with E-state index in [2.05, 4.69) is 25.0 Å². The number of amides is 1. The fourth-order valence-corrected chi connectivity index (χ4v) is 5.55. The van der Waals surface area contributed by atoms with Crippen molar-refractivity contribution < 1.29 is 17.9 Å². The first-order valence-corrected chi connectivity index (χ1v) is 13.9. The average Bonchev–Trinajstić information content (AvgIpc) is 3.03. The first kappa shape index (κ1) is 24.4. The molecular formula is C25H30N6O4S. The van der Waals surface area contributed by atoms with Gasteiger partial charge in [0.25, 0.3) is 0 Å². The third-order valence-electron chi connectivity index (χ3n) is 6.83. The Kier molecular flexibility index (Phi) is 6.08. The zero-order valence-electron chi connectivity index (χ0n) is 20.8. The van der Waals surface area contributed by atoms with E-state index in [1.807, 2.05) is 19.9 Å². The standard InChI is InChI=1S/C25H30N6O4S/c1-15(2)26-8-9-35-23-19(30-36(4,33)34)10-16(12-29-23)18-11-17-20(13-27-18)28-14-21-22(17)25(6-5-7-25)24(32)31(21)3/h10-15,26,30H,5-9H2,1-4H3. The Morgan fingerprint density at radius 2 is 1.92 bits per heavy atom. The number of pyridine rings is 3. The molecule has 11 heteroatoms. The van der Waals surface area contributed by atoms with E-state index in [0.29, 0.717) is 36.0 Å². The van der Waals surface area contributed by atoms with Crippen LogP contribution in [0.2, 0.25) is 0 Å². The molecule has 0 aromatic carbocycles. The highest BCUT2D eigenvalue weighted by Crippen LogP contribution is 2.55. The molecule has 36 heavy (non-hydrogen) atoms. The molecule has 1 aliphatic carbocycles. The number of nitrogens with zero attached hydrogens (tertiary/aromatic N) is 4. The second-order valence-corrected chi connectivity index (χ2v) is 11.6. The van der Waals surface area contributed by atoms with Crippen LogP contribution in [0.1, 0.15) is 38.7 Å². The maximum Gasteiger partial charge on any atom is 0.238 e. The predicted octanol–water partition coefficient (Wildman–Crippen LogP) is 2.84. The highest BCUT2D eigenvalue weighted by Gasteiger charge is 2.54. The number of anilines is 2. The summed E-state index contributed by atoms with van der Waals surface area (Å²) in [4.78, 5) is 28.3. The second kappa shape index (κ2) is 8.97. The van der Waals surface area contributed by atoms with E-state index in [9.17, 15) is 13.2 Å². The topological polar surface area (TPSA) is 126 Å². The van der Waals surface area contributed by atoms with E-state index >= 15 is 0 Å². The summed E-state index contributed by atoms with van der Waals surface area (Å²) in [5, 5.41) is 4.13. The minimum absolute atomic E-state index is 0.117. The van der Waals surface area contributed by atoms with Crippen LogP contribution in [0.4, 0.5) is 11.4 Å². The van der Waals surface area contributed by atoms with Crippen molar-refractivity contribution in [3.8, 4) is 17.1 Å². The molecule has 2 N–H and O–H groups in total. The lowest BCUT2D eigenvalue weighted by Crippen LogP contribution is -2.43. The Morgan fingerprint density at radius 3 is 2.58 bits per heavy atom. The average molecular weight is 511 g/mol. The molecule has 3 aromatic rings. The number of carbonyl (C=O) groups excluding carboxylic acids is 1. The molecular weight excluding hydrogens is 480 g/mol. The molecule has 3 aromatic heterocycles. The Balaban J connectivity index is 1.55. The smallest absolute Gasteiger partial charge is 0.238 e. The van der Waals surface area contributed by atoms with Gasteiger partial charge in [-0.3, -0.25) is 19.5 Å². The van der Waals surface area contributed by atoms with Crippen molar-refractivity contribution in [2.24, 2.45) is 0 Å². The molecule has 2 aliphatic rings. The zero-order valence-corrected chi connectivity index (χ0v) is 21.6. The van der Waals surface area contributed by atoms with Crippen LogP contribution in [0.3, 0.4) is 0 Å². The predicted molar refractivity (Wildman–Crippen MR) is 139 cm³/mol. The number of likely N-dealkylation sites (N-methyl/N-ethyl adjacent to an activating group) is 1. The lowest BCUT2D eigenvalue weighted by Gasteiger charge is -2.37. The van der Waals surface area contributed by atoms with Gasteiger partial charge in [-0.15, -0.1) is 0 Å². The summed E-state index contributed by atoms with van der Waals surface area (Å²) in [7, 11) is -1.77. The molecule has 1 spiro atoms. The molecule has 1 saturated carbocycles. The van der Waals surface area contributed by atoms with E-state index in [4.69, 9.17) is 4.74 Å². The summed E-state index contributed by atoms with van der Waals surface area (Å²) in [6.45, 7) is 5.00. The van der Waals surface area contributed by atoms with Gasteiger partial charge in [0.2, 0.25) is 21.8 Å². The van der Waals surface area contributed by atoms with Gasteiger partial charge in [-0.05, 0) is 25.0 Å². The van der Waals surface area contributed by atoms with Crippen LogP contribution in [0.15, 0.2) is 30.7 Å². The molecule has 0 unspecified atom stereocenters. The number of rotatable bonds is 8. The van der Waals surface area contributed by atoms with Gasteiger partial charge in [0.15, 0.2) is 0 Å². The molecule has 1 fully saturated rings. The summed E-state index contributed by atoms with van der Waals surface area (Å²) in [6, 6.07) is 3.89. The summed E-state index contributed by atoms with van der Waals surface area (Å²) in [6.07, 6.45) is 8.78. The normalized spacial score (nSPS) is 16.5. The number of hydrogen-bond acceptors (Lipinski definition) is 8. The monoisotopic (exact) mass is 510 g/mol. The van der Waals surface area contributed by atoms with E-state index in [1.165, 1.54) is 0 Å². The van der Waals surface area contributed by atoms with Gasteiger partial charge in [-0.25, -0.2) is 13.4 Å². The molecule has 190 valence electrons. The van der Waals surface area contributed by atoms with E-state index < -0.39 is 15.4 Å². The molecule has 0 atom stereocenters. The summed E-state index contributed by atoms with van der Waals surface area (Å²) < 4.78 is 32.3. The summed E-state index contributed by atoms with van der Waals surface area (Å²) >= 11 is 0. The van der Waals surface area contributed by atoms with Crippen molar-refractivity contribution in [3.05, 3.63) is 36.3 Å². The van der Waals surface area contributed by atoms with Crippen molar-refractivity contribution in [1.29, 1.82) is 0 Å². The highest BCUT2D eigenvalue weighted by atomic mass is 32.2. The summed E-state index contributed by atoms with van der Waals surface area (Å²) in [5.41, 5.74) is 3.53. The molecule has 1 amide bonds. The van der Waals surface area contributed by atoms with Crippen molar-refractivity contribution >= 4 is 38.2 Å². The minimum atomic E-state index is -3.57. The first-order chi connectivity index (χ1) is 17.1. The van der Waals surface area contributed by atoms with Crippen LogP contribution in [0, 0.1) is 0 Å². The van der Waals surface area contributed by atoms with Crippen molar-refractivity contribution in [1.82, 2.24) is 20.3 Å². The van der Waals surface area contributed by atoms with E-state index in [0.717, 1.165) is 42.2 Å². The van der Waals surface area contributed by atoms with Crippen molar-refractivity contribution in [2.75, 3.05) is 36.1 Å². The number of aromatic nitrogens is 3. The number of sulfonamides is 1. The maximum absolute atomic E-state index is 13.1. The Bertz CT molecular complexity index is 1450. The van der Waals surface area contributed by atoms with Gasteiger partial charge < -0.3 is 15.0 Å². The van der Waals surface area contributed by atoms with Crippen molar-refractivity contribution in [2.45, 2.75) is 44.6 Å². The van der Waals surface area contributed by atoms with Gasteiger partial charge in [-0.2, -0.15) is 0 Å². The van der Waals surface area contributed by atoms with Crippen LogP contribution in [0.25, 0.3) is 22.2 Å². The Hall–Kier alpha value is -3.31.